The van der Waals surface area contributed by atoms with Gasteiger partial charge in [0.05, 0.1) is 6.61 Å². The number of hydrogen-bond acceptors (Lipinski definition) is 3. The highest BCUT2D eigenvalue weighted by Crippen LogP contribution is 2.54. The molecule has 2 aliphatic rings. The van der Waals surface area contributed by atoms with Gasteiger partial charge in [0, 0.05) is 29.5 Å². The van der Waals surface area contributed by atoms with Crippen LogP contribution >= 0.6 is 0 Å². The Bertz CT molecular complexity index is 616. The van der Waals surface area contributed by atoms with Gasteiger partial charge in [0.2, 0.25) is 0 Å². The van der Waals surface area contributed by atoms with Crippen molar-refractivity contribution in [2.24, 2.45) is 5.92 Å². The van der Waals surface area contributed by atoms with Crippen molar-refractivity contribution >= 4 is 0 Å². The summed E-state index contributed by atoms with van der Waals surface area (Å²) in [5, 5.41) is 10.6. The fourth-order valence-corrected chi connectivity index (χ4v) is 3.96. The predicted octanol–water partition coefficient (Wildman–Crippen LogP) is 5.18. The average Bonchev–Trinajstić information content (AvgIpc) is 2.46. The van der Waals surface area contributed by atoms with E-state index >= 15 is 0 Å². The number of fused-ring (bicyclic) bond motifs is 3. The van der Waals surface area contributed by atoms with Gasteiger partial charge in [0.15, 0.2) is 0 Å². The molecule has 0 bridgehead atoms. The van der Waals surface area contributed by atoms with Gasteiger partial charge in [0.1, 0.15) is 22.8 Å². The second-order valence-corrected chi connectivity index (χ2v) is 7.47. The van der Waals surface area contributed by atoms with Crippen LogP contribution in [0.2, 0.25) is 0 Å². The molecule has 1 aliphatic carbocycles. The number of hydrogen-bond donors (Lipinski definition) is 1. The zero-order valence-corrected chi connectivity index (χ0v) is 14.7. The average molecular weight is 316 g/mol. The van der Waals surface area contributed by atoms with Crippen LogP contribution in [0.1, 0.15) is 64.9 Å². The first-order chi connectivity index (χ1) is 10.9. The molecule has 1 aromatic rings. The predicted molar refractivity (Wildman–Crippen MR) is 92.4 cm³/mol. The highest BCUT2D eigenvalue weighted by molar-refractivity contribution is 5.54. The molecule has 2 atom stereocenters. The molecule has 0 spiro atoms. The number of allylic oxidation sites excluding steroid dienone is 2. The first-order valence-corrected chi connectivity index (χ1v) is 8.76. The van der Waals surface area contributed by atoms with Crippen molar-refractivity contribution in [1.29, 1.82) is 0 Å². The summed E-state index contributed by atoms with van der Waals surface area (Å²) in [5.41, 5.74) is 2.13. The van der Waals surface area contributed by atoms with Gasteiger partial charge in [-0.05, 0) is 40.0 Å². The lowest BCUT2D eigenvalue weighted by molar-refractivity contribution is 0.00733. The molecule has 0 radical (unpaired) electrons. The minimum Gasteiger partial charge on any atom is -0.507 e. The van der Waals surface area contributed by atoms with Gasteiger partial charge in [-0.1, -0.05) is 25.0 Å². The van der Waals surface area contributed by atoms with Crippen LogP contribution in [-0.2, 0) is 0 Å². The number of rotatable bonds is 4. The van der Waals surface area contributed by atoms with Crippen molar-refractivity contribution in [3.8, 4) is 17.2 Å². The Balaban J connectivity index is 1.96. The maximum atomic E-state index is 10.6. The maximum absolute atomic E-state index is 10.6. The molecule has 2 unspecified atom stereocenters. The maximum Gasteiger partial charge on any atom is 0.131 e. The molecule has 3 heteroatoms. The standard InChI is InChI=1S/C20H28O3/c1-5-6-9-22-14-11-17(21)19-15-10-13(2)7-8-16(15)20(3,4)23-18(19)12-14/h7,11-12,15-16,21H,5-6,8-10H2,1-4H3. The number of unbranched alkanes of at least 4 members (excludes halogenated alkanes) is 1. The molecule has 0 fully saturated rings. The fourth-order valence-electron chi connectivity index (χ4n) is 3.96. The number of phenols is 1. The van der Waals surface area contributed by atoms with Gasteiger partial charge in [0.25, 0.3) is 0 Å². The fraction of sp³-hybridized carbons (Fsp3) is 0.600. The molecule has 3 rings (SSSR count). The molecule has 0 saturated carbocycles. The Morgan fingerprint density at radius 2 is 2.13 bits per heavy atom. The van der Waals surface area contributed by atoms with Gasteiger partial charge in [-0.25, -0.2) is 0 Å². The minimum absolute atomic E-state index is 0.233. The Labute approximate surface area is 139 Å². The summed E-state index contributed by atoms with van der Waals surface area (Å²) in [7, 11) is 0. The van der Waals surface area contributed by atoms with Crippen LogP contribution in [0, 0.1) is 5.92 Å². The van der Waals surface area contributed by atoms with Gasteiger partial charge in [-0.3, -0.25) is 0 Å². The second-order valence-electron chi connectivity index (χ2n) is 7.47. The molecule has 3 nitrogen and oxygen atoms in total. The van der Waals surface area contributed by atoms with E-state index in [1.54, 1.807) is 6.07 Å². The largest absolute Gasteiger partial charge is 0.507 e. The summed E-state index contributed by atoms with van der Waals surface area (Å²) in [6.45, 7) is 9.30. The summed E-state index contributed by atoms with van der Waals surface area (Å²) >= 11 is 0. The molecule has 0 saturated heterocycles. The second kappa shape index (κ2) is 6.10. The third-order valence-corrected chi connectivity index (χ3v) is 5.24. The summed E-state index contributed by atoms with van der Waals surface area (Å²) in [6.07, 6.45) is 6.43. The number of benzene rings is 1. The number of ether oxygens (including phenoxy) is 2. The lowest BCUT2D eigenvalue weighted by Gasteiger charge is -2.47. The topological polar surface area (TPSA) is 38.7 Å². The molecule has 0 aromatic heterocycles. The van der Waals surface area contributed by atoms with Gasteiger partial charge in [-0.2, -0.15) is 0 Å². The Kier molecular flexibility index (Phi) is 4.31. The van der Waals surface area contributed by atoms with Crippen molar-refractivity contribution in [2.45, 2.75) is 64.9 Å². The quantitative estimate of drug-likeness (QED) is 0.614. The SMILES string of the molecule is CCCCOc1cc(O)c2c(c1)OC(C)(C)C1CC=C(C)CC21. The molecule has 126 valence electrons. The smallest absolute Gasteiger partial charge is 0.131 e. The number of aromatic hydroxyl groups is 1. The van der Waals surface area contributed by atoms with Crippen LogP contribution in [0.15, 0.2) is 23.8 Å². The van der Waals surface area contributed by atoms with Crippen LogP contribution in [0.3, 0.4) is 0 Å². The zero-order valence-electron chi connectivity index (χ0n) is 14.7. The highest BCUT2D eigenvalue weighted by atomic mass is 16.5. The molecule has 1 aromatic carbocycles. The molecular weight excluding hydrogens is 288 g/mol. The molecule has 1 N–H and O–H groups in total. The van der Waals surface area contributed by atoms with E-state index in [-0.39, 0.29) is 5.60 Å². The lowest BCUT2D eigenvalue weighted by atomic mass is 9.67. The van der Waals surface area contributed by atoms with Crippen LogP contribution in [0.25, 0.3) is 0 Å². The Hall–Kier alpha value is -1.64. The molecule has 0 amide bonds. The van der Waals surface area contributed by atoms with Crippen molar-refractivity contribution in [2.75, 3.05) is 6.61 Å². The van der Waals surface area contributed by atoms with Crippen LogP contribution < -0.4 is 9.47 Å². The number of phenolic OH excluding ortho intramolecular Hbond substituents is 1. The Morgan fingerprint density at radius 3 is 2.87 bits per heavy atom. The lowest BCUT2D eigenvalue weighted by Crippen LogP contribution is -2.45. The van der Waals surface area contributed by atoms with E-state index in [4.69, 9.17) is 9.47 Å². The van der Waals surface area contributed by atoms with Gasteiger partial charge in [-0.15, -0.1) is 0 Å². The van der Waals surface area contributed by atoms with E-state index in [0.717, 1.165) is 37.0 Å². The third-order valence-electron chi connectivity index (χ3n) is 5.24. The highest BCUT2D eigenvalue weighted by Gasteiger charge is 2.45. The van der Waals surface area contributed by atoms with Crippen LogP contribution in [0.4, 0.5) is 0 Å². The van der Waals surface area contributed by atoms with Crippen molar-refractivity contribution in [1.82, 2.24) is 0 Å². The summed E-state index contributed by atoms with van der Waals surface area (Å²) in [6, 6.07) is 3.71. The van der Waals surface area contributed by atoms with Crippen LogP contribution in [-0.4, -0.2) is 17.3 Å². The summed E-state index contributed by atoms with van der Waals surface area (Å²) < 4.78 is 12.0. The van der Waals surface area contributed by atoms with Crippen molar-refractivity contribution in [3.63, 3.8) is 0 Å². The van der Waals surface area contributed by atoms with E-state index in [1.807, 2.05) is 6.07 Å². The van der Waals surface area contributed by atoms with Crippen molar-refractivity contribution < 1.29 is 14.6 Å². The van der Waals surface area contributed by atoms with E-state index in [1.165, 1.54) is 5.57 Å². The Morgan fingerprint density at radius 1 is 1.35 bits per heavy atom. The minimum atomic E-state index is -0.233. The molecular formula is C20H28O3. The van der Waals surface area contributed by atoms with E-state index in [0.29, 0.717) is 29.9 Å². The zero-order chi connectivity index (χ0) is 16.6. The monoisotopic (exact) mass is 316 g/mol. The van der Waals surface area contributed by atoms with Gasteiger partial charge >= 0.3 is 0 Å². The van der Waals surface area contributed by atoms with E-state index in [2.05, 4.69) is 33.8 Å². The molecule has 1 heterocycles. The van der Waals surface area contributed by atoms with E-state index in [9.17, 15) is 5.11 Å². The first kappa shape index (κ1) is 16.2. The van der Waals surface area contributed by atoms with Gasteiger partial charge < -0.3 is 14.6 Å². The molecule has 23 heavy (non-hydrogen) atoms. The summed E-state index contributed by atoms with van der Waals surface area (Å²) in [4.78, 5) is 0. The van der Waals surface area contributed by atoms with E-state index < -0.39 is 0 Å². The third kappa shape index (κ3) is 3.06. The first-order valence-electron chi connectivity index (χ1n) is 8.76. The molecule has 1 aliphatic heterocycles. The van der Waals surface area contributed by atoms with Crippen molar-refractivity contribution in [3.05, 3.63) is 29.3 Å². The summed E-state index contributed by atoms with van der Waals surface area (Å²) in [5.74, 6) is 2.53. The normalized spacial score (nSPS) is 25.0. The van der Waals surface area contributed by atoms with Crippen LogP contribution in [0.5, 0.6) is 17.2 Å².